The zero-order valence-electron chi connectivity index (χ0n) is 20.2. The van der Waals surface area contributed by atoms with Crippen molar-refractivity contribution in [3.05, 3.63) is 34.6 Å². The number of nitrogens with zero attached hydrogens (tertiary/aromatic N) is 4. The number of aromatic nitrogens is 3. The van der Waals surface area contributed by atoms with Gasteiger partial charge in [-0.2, -0.15) is 18.3 Å². The Labute approximate surface area is 203 Å². The van der Waals surface area contributed by atoms with Gasteiger partial charge in [0.05, 0.1) is 12.1 Å². The molecule has 1 aliphatic heterocycles. The molecule has 0 atom stereocenters. The first-order valence-corrected chi connectivity index (χ1v) is 12.1. The maximum atomic E-state index is 13.2. The Morgan fingerprint density at radius 3 is 2.47 bits per heavy atom. The number of hydrogen-bond acceptors (Lipinski definition) is 4. The highest BCUT2D eigenvalue weighted by atomic mass is 35.5. The maximum Gasteiger partial charge on any atom is 0.433 e. The third-order valence-electron chi connectivity index (χ3n) is 6.03. The van der Waals surface area contributed by atoms with E-state index in [2.05, 4.69) is 41.1 Å². The predicted octanol–water partition coefficient (Wildman–Crippen LogP) is 5.20. The fourth-order valence-electron chi connectivity index (χ4n) is 4.01. The number of pyridine rings is 1. The number of likely N-dealkylation sites (tertiary alicyclic amines) is 1. The SMILES string of the molecule is CCn1nc(-c2cccc(C(F)(F)F)n2)c(CC(=O)NC2CCN(CCC(C)(C)C)CC2)c1Cl. The molecule has 3 heterocycles. The predicted molar refractivity (Wildman–Crippen MR) is 127 cm³/mol. The van der Waals surface area contributed by atoms with Gasteiger partial charge in [0.1, 0.15) is 16.5 Å². The van der Waals surface area contributed by atoms with Gasteiger partial charge < -0.3 is 10.2 Å². The van der Waals surface area contributed by atoms with Gasteiger partial charge in [0.15, 0.2) is 0 Å². The van der Waals surface area contributed by atoms with Crippen LogP contribution in [0.1, 0.15) is 58.2 Å². The van der Waals surface area contributed by atoms with Crippen LogP contribution in [-0.2, 0) is 23.9 Å². The van der Waals surface area contributed by atoms with E-state index in [1.807, 2.05) is 6.92 Å². The molecule has 0 spiro atoms. The molecule has 10 heteroatoms. The number of carbonyl (C=O) groups is 1. The summed E-state index contributed by atoms with van der Waals surface area (Å²) in [6, 6.07) is 3.69. The van der Waals surface area contributed by atoms with E-state index in [1.165, 1.54) is 16.8 Å². The van der Waals surface area contributed by atoms with Gasteiger partial charge in [-0.05, 0) is 50.3 Å². The number of hydrogen-bond donors (Lipinski definition) is 1. The first-order chi connectivity index (χ1) is 15.9. The lowest BCUT2D eigenvalue weighted by Gasteiger charge is -2.34. The van der Waals surface area contributed by atoms with Crippen LogP contribution >= 0.6 is 11.6 Å². The summed E-state index contributed by atoms with van der Waals surface area (Å²) in [5, 5.41) is 7.65. The van der Waals surface area contributed by atoms with Crippen molar-refractivity contribution in [1.82, 2.24) is 25.0 Å². The van der Waals surface area contributed by atoms with Crippen molar-refractivity contribution in [3.8, 4) is 11.4 Å². The van der Waals surface area contributed by atoms with Crippen LogP contribution < -0.4 is 5.32 Å². The average molecular weight is 500 g/mol. The van der Waals surface area contributed by atoms with E-state index >= 15 is 0 Å². The zero-order chi connectivity index (χ0) is 25.1. The van der Waals surface area contributed by atoms with Crippen molar-refractivity contribution in [2.24, 2.45) is 5.41 Å². The molecular weight excluding hydrogens is 467 g/mol. The second-order valence-corrected chi connectivity index (χ2v) is 10.4. The summed E-state index contributed by atoms with van der Waals surface area (Å²) in [5.41, 5.74) is -0.0976. The zero-order valence-corrected chi connectivity index (χ0v) is 20.9. The quantitative estimate of drug-likeness (QED) is 0.569. The van der Waals surface area contributed by atoms with Crippen molar-refractivity contribution < 1.29 is 18.0 Å². The molecule has 34 heavy (non-hydrogen) atoms. The molecule has 3 rings (SSSR count). The molecule has 188 valence electrons. The molecule has 0 aromatic carbocycles. The Hall–Kier alpha value is -2.13. The van der Waals surface area contributed by atoms with Crippen LogP contribution in [0.5, 0.6) is 0 Å². The first kappa shape index (κ1) is 26.5. The lowest BCUT2D eigenvalue weighted by Crippen LogP contribution is -2.45. The highest BCUT2D eigenvalue weighted by Crippen LogP contribution is 2.32. The highest BCUT2D eigenvalue weighted by molar-refractivity contribution is 6.31. The summed E-state index contributed by atoms with van der Waals surface area (Å²) in [5.74, 6) is -0.223. The van der Waals surface area contributed by atoms with Crippen molar-refractivity contribution in [2.75, 3.05) is 19.6 Å². The molecule has 2 aromatic rings. The molecule has 0 saturated carbocycles. The summed E-state index contributed by atoms with van der Waals surface area (Å²) in [6.07, 6.45) is -1.81. The van der Waals surface area contributed by atoms with Crippen molar-refractivity contribution in [1.29, 1.82) is 0 Å². The van der Waals surface area contributed by atoms with E-state index in [9.17, 15) is 18.0 Å². The van der Waals surface area contributed by atoms with E-state index in [-0.39, 0.29) is 34.9 Å². The van der Waals surface area contributed by atoms with Crippen LogP contribution in [0.2, 0.25) is 5.15 Å². The van der Waals surface area contributed by atoms with Gasteiger partial charge in [-0.25, -0.2) is 4.98 Å². The minimum atomic E-state index is -4.58. The number of nitrogens with one attached hydrogen (secondary N) is 1. The van der Waals surface area contributed by atoms with Crippen molar-refractivity contribution in [2.45, 2.75) is 72.1 Å². The topological polar surface area (TPSA) is 63.1 Å². The fourth-order valence-corrected chi connectivity index (χ4v) is 4.32. The second kappa shape index (κ2) is 10.6. The number of alkyl halides is 3. The Bertz CT molecular complexity index is 991. The van der Waals surface area contributed by atoms with Crippen LogP contribution in [-0.4, -0.2) is 51.2 Å². The third kappa shape index (κ3) is 6.95. The Morgan fingerprint density at radius 2 is 1.88 bits per heavy atom. The van der Waals surface area contributed by atoms with Crippen LogP contribution in [0.15, 0.2) is 18.2 Å². The summed E-state index contributed by atoms with van der Waals surface area (Å²) in [7, 11) is 0. The molecule has 1 saturated heterocycles. The molecule has 2 aromatic heterocycles. The largest absolute Gasteiger partial charge is 0.433 e. The highest BCUT2D eigenvalue weighted by Gasteiger charge is 2.33. The molecule has 0 aliphatic carbocycles. The second-order valence-electron chi connectivity index (χ2n) is 10.0. The van der Waals surface area contributed by atoms with Gasteiger partial charge in [-0.15, -0.1) is 0 Å². The molecule has 1 fully saturated rings. The molecule has 1 N–H and O–H groups in total. The molecule has 0 bridgehead atoms. The summed E-state index contributed by atoms with van der Waals surface area (Å²) in [6.45, 7) is 11.8. The molecule has 1 aliphatic rings. The lowest BCUT2D eigenvalue weighted by molar-refractivity contribution is -0.141. The van der Waals surface area contributed by atoms with Gasteiger partial charge in [0.25, 0.3) is 0 Å². The van der Waals surface area contributed by atoms with E-state index in [4.69, 9.17) is 11.6 Å². The maximum absolute atomic E-state index is 13.2. The normalized spacial score (nSPS) is 16.1. The smallest absolute Gasteiger partial charge is 0.353 e. The lowest BCUT2D eigenvalue weighted by atomic mass is 9.91. The minimum absolute atomic E-state index is 0.0406. The minimum Gasteiger partial charge on any atom is -0.353 e. The van der Waals surface area contributed by atoms with E-state index in [0.29, 0.717) is 17.5 Å². The monoisotopic (exact) mass is 499 g/mol. The van der Waals surface area contributed by atoms with Gasteiger partial charge in [-0.3, -0.25) is 9.48 Å². The Morgan fingerprint density at radius 1 is 1.21 bits per heavy atom. The van der Waals surface area contributed by atoms with Gasteiger partial charge in [0.2, 0.25) is 5.91 Å². The van der Waals surface area contributed by atoms with Gasteiger partial charge in [-0.1, -0.05) is 38.4 Å². The van der Waals surface area contributed by atoms with Gasteiger partial charge in [0, 0.05) is 31.2 Å². The van der Waals surface area contributed by atoms with Gasteiger partial charge >= 0.3 is 6.18 Å². The number of piperidine rings is 1. The number of aryl methyl sites for hydroxylation is 1. The average Bonchev–Trinajstić information content (AvgIpc) is 3.07. The summed E-state index contributed by atoms with van der Waals surface area (Å²) >= 11 is 6.45. The van der Waals surface area contributed by atoms with Crippen molar-refractivity contribution >= 4 is 17.5 Å². The van der Waals surface area contributed by atoms with E-state index < -0.39 is 11.9 Å². The van der Waals surface area contributed by atoms with E-state index in [1.54, 1.807) is 0 Å². The summed E-state index contributed by atoms with van der Waals surface area (Å²) < 4.78 is 40.9. The van der Waals surface area contributed by atoms with Crippen LogP contribution in [0.3, 0.4) is 0 Å². The van der Waals surface area contributed by atoms with Crippen LogP contribution in [0.25, 0.3) is 11.4 Å². The number of halogens is 4. The standard InChI is InChI=1S/C24H33ClF3N5O/c1-5-33-22(25)17(21(31-33)18-7-6-8-19(30-18)24(26,27)28)15-20(34)29-16-9-12-32(13-10-16)14-11-23(2,3)4/h6-8,16H,5,9-15H2,1-4H3,(H,29,34). The molecule has 6 nitrogen and oxygen atoms in total. The molecule has 0 radical (unpaired) electrons. The molecular formula is C24H33ClF3N5O. The molecule has 1 amide bonds. The Kier molecular flexibility index (Phi) is 8.29. The first-order valence-electron chi connectivity index (χ1n) is 11.7. The van der Waals surface area contributed by atoms with Crippen LogP contribution in [0, 0.1) is 5.41 Å². The summed E-state index contributed by atoms with van der Waals surface area (Å²) in [4.78, 5) is 19.0. The number of carbonyl (C=O) groups excluding carboxylic acids is 1. The third-order valence-corrected chi connectivity index (χ3v) is 6.46. The molecule has 0 unspecified atom stereocenters. The van der Waals surface area contributed by atoms with E-state index in [0.717, 1.165) is 45.0 Å². The van der Waals surface area contributed by atoms with Crippen molar-refractivity contribution in [3.63, 3.8) is 0 Å². The fraction of sp³-hybridized carbons (Fsp3) is 0.625. The van der Waals surface area contributed by atoms with Crippen LogP contribution in [0.4, 0.5) is 13.2 Å². The number of rotatable bonds is 7. The Balaban J connectivity index is 1.68. The number of amides is 1.